The minimum Gasteiger partial charge on any atom is -0.463 e. The van der Waals surface area contributed by atoms with Crippen molar-refractivity contribution >= 4 is 28.3 Å². The van der Waals surface area contributed by atoms with Crippen molar-refractivity contribution in [1.82, 2.24) is 30.1 Å². The van der Waals surface area contributed by atoms with E-state index in [1.54, 1.807) is 0 Å². The highest BCUT2D eigenvalue weighted by Gasteiger charge is 2.46. The van der Waals surface area contributed by atoms with Crippen molar-refractivity contribution in [2.45, 2.75) is 63.8 Å². The maximum Gasteiger partial charge on any atom is 0.418 e. The summed E-state index contributed by atoms with van der Waals surface area (Å²) >= 11 is 6.61. The molecule has 13 heteroatoms. The third-order valence-electron chi connectivity index (χ3n) is 10.0. The molecule has 0 radical (unpaired) electrons. The molecule has 2 aromatic heterocycles. The number of hydrogen-bond donors (Lipinski definition) is 1. The van der Waals surface area contributed by atoms with Gasteiger partial charge < -0.3 is 19.9 Å². The number of likely N-dealkylation sites (N-methyl/N-ethyl adjacent to an activating group) is 1. The van der Waals surface area contributed by atoms with Crippen LogP contribution in [0.2, 0.25) is 5.02 Å². The maximum absolute atomic E-state index is 16.6. The predicted octanol–water partition coefficient (Wildman–Crippen LogP) is 5.55. The van der Waals surface area contributed by atoms with E-state index < -0.39 is 28.8 Å². The summed E-state index contributed by atoms with van der Waals surface area (Å²) in [5, 5.41) is 3.75. The molecule has 242 valence electrons. The number of pyridine rings is 1. The smallest absolute Gasteiger partial charge is 0.418 e. The Morgan fingerprint density at radius 3 is 2.51 bits per heavy atom. The molecule has 4 aliphatic rings. The van der Waals surface area contributed by atoms with Crippen LogP contribution in [0.15, 0.2) is 18.3 Å². The van der Waals surface area contributed by atoms with Crippen LogP contribution in [0.3, 0.4) is 0 Å². The Hall–Kier alpha value is -2.80. The van der Waals surface area contributed by atoms with Gasteiger partial charge in [-0.2, -0.15) is 23.1 Å². The quantitative estimate of drug-likeness (QED) is 0.335. The molecule has 1 aromatic carbocycles. The van der Waals surface area contributed by atoms with E-state index in [0.29, 0.717) is 36.9 Å². The first kappa shape index (κ1) is 30.8. The number of aryl methyl sites for hydroxylation is 1. The Kier molecular flexibility index (Phi) is 7.86. The van der Waals surface area contributed by atoms with E-state index in [0.717, 1.165) is 51.9 Å². The summed E-state index contributed by atoms with van der Waals surface area (Å²) in [5.41, 5.74) is -2.26. The van der Waals surface area contributed by atoms with Gasteiger partial charge >= 0.3 is 12.2 Å². The molecule has 3 saturated heterocycles. The zero-order valence-corrected chi connectivity index (χ0v) is 26.5. The predicted molar refractivity (Wildman–Crippen MR) is 165 cm³/mol. The molecule has 2 bridgehead atoms. The molecule has 45 heavy (non-hydrogen) atoms. The Labute approximate surface area is 265 Å². The molecule has 0 amide bonds. The zero-order valence-electron chi connectivity index (χ0n) is 25.7. The number of aromatic nitrogens is 3. The molecule has 1 N–H and O–H groups in total. The number of ether oxygens (including phenoxy) is 1. The van der Waals surface area contributed by atoms with Gasteiger partial charge in [0.25, 0.3) is 0 Å². The lowest BCUT2D eigenvalue weighted by atomic mass is 9.99. The number of rotatable bonds is 7. The molecule has 2 unspecified atom stereocenters. The minimum absolute atomic E-state index is 0.0153. The summed E-state index contributed by atoms with van der Waals surface area (Å²) in [6.45, 7) is 9.17. The van der Waals surface area contributed by atoms with E-state index in [1.807, 2.05) is 0 Å². The van der Waals surface area contributed by atoms with Gasteiger partial charge in [0.15, 0.2) is 5.82 Å². The molecule has 1 aliphatic carbocycles. The number of nitrogens with one attached hydrogen (secondary N) is 1. The Balaban J connectivity index is 1.28. The van der Waals surface area contributed by atoms with Gasteiger partial charge in [-0.1, -0.05) is 11.6 Å². The second-order valence-electron chi connectivity index (χ2n) is 13.5. The molecule has 0 spiro atoms. The van der Waals surface area contributed by atoms with Crippen molar-refractivity contribution in [3.05, 3.63) is 40.3 Å². The highest BCUT2D eigenvalue weighted by atomic mass is 35.5. The average Bonchev–Trinajstić information content (AvgIpc) is 3.67. The number of halogens is 5. The number of anilines is 1. The van der Waals surface area contributed by atoms with E-state index >= 15 is 4.39 Å². The van der Waals surface area contributed by atoms with E-state index in [9.17, 15) is 13.2 Å². The standard InChI is InChI=1S/C32H38ClF4N7O/c1-18-6-9-38-28(25(18)32(35,36)37)24-23(33)12-22-27(26(24)34)40-30(41-29(22)44-14-20-4-5-21(15-44)39-20)45-17-31(7-8-31)16-43-11-10-42(3)13-19(43)2/h6,9,12,19-21,39H,4-5,7-8,10-11,13-17H2,1-3H3/t19-,20?,21?/m1/s1. The van der Waals surface area contributed by atoms with Crippen molar-refractivity contribution in [3.8, 4) is 17.3 Å². The molecule has 1 saturated carbocycles. The van der Waals surface area contributed by atoms with Gasteiger partial charge in [0.1, 0.15) is 11.3 Å². The number of piperazine rings is 2. The summed E-state index contributed by atoms with van der Waals surface area (Å²) in [7, 11) is 2.14. The third-order valence-corrected chi connectivity index (χ3v) is 10.3. The number of nitrogens with zero attached hydrogens (tertiary/aromatic N) is 6. The van der Waals surface area contributed by atoms with Crippen LogP contribution in [0, 0.1) is 18.2 Å². The number of alkyl halides is 3. The molecule has 3 atom stereocenters. The van der Waals surface area contributed by atoms with Gasteiger partial charge in [-0.25, -0.2) is 4.39 Å². The van der Waals surface area contributed by atoms with E-state index in [2.05, 4.69) is 44.0 Å². The van der Waals surface area contributed by atoms with Gasteiger partial charge in [-0.15, -0.1) is 0 Å². The average molecular weight is 648 g/mol. The topological polar surface area (TPSA) is 69.7 Å². The molecule has 5 heterocycles. The fourth-order valence-electron chi connectivity index (χ4n) is 7.34. The first-order valence-corrected chi connectivity index (χ1v) is 16.1. The summed E-state index contributed by atoms with van der Waals surface area (Å²) in [6, 6.07) is 3.71. The molecular weight excluding hydrogens is 610 g/mol. The summed E-state index contributed by atoms with van der Waals surface area (Å²) < 4.78 is 65.4. The van der Waals surface area contributed by atoms with Crippen LogP contribution < -0.4 is 15.0 Å². The van der Waals surface area contributed by atoms with Crippen LogP contribution >= 0.6 is 11.6 Å². The number of hydrogen-bond acceptors (Lipinski definition) is 8. The number of fused-ring (bicyclic) bond motifs is 3. The highest BCUT2D eigenvalue weighted by molar-refractivity contribution is 6.34. The second-order valence-corrected chi connectivity index (χ2v) is 13.9. The fourth-order valence-corrected chi connectivity index (χ4v) is 7.63. The fraction of sp³-hybridized carbons (Fsp3) is 0.594. The molecule has 4 fully saturated rings. The molecule has 8 nitrogen and oxygen atoms in total. The summed E-state index contributed by atoms with van der Waals surface area (Å²) in [5.74, 6) is -0.494. The molecule has 7 rings (SSSR count). The minimum atomic E-state index is -4.76. The SMILES string of the molecule is Cc1ccnc(-c2c(Cl)cc3c(N4CC5CCC(C4)N5)nc(OCC4(CN5CCN(C)C[C@H]5C)CC4)nc3c2F)c1C(F)(F)F. The molecule has 3 aromatic rings. The first-order chi connectivity index (χ1) is 21.4. The molecular formula is C32H38ClF4N7O. The van der Waals surface area contributed by atoms with Gasteiger partial charge in [0.2, 0.25) is 0 Å². The van der Waals surface area contributed by atoms with Crippen LogP contribution in [0.5, 0.6) is 6.01 Å². The van der Waals surface area contributed by atoms with Crippen LogP contribution in [0.4, 0.5) is 23.4 Å². The van der Waals surface area contributed by atoms with E-state index in [-0.39, 0.29) is 39.6 Å². The third kappa shape index (κ3) is 5.94. The largest absolute Gasteiger partial charge is 0.463 e. The monoisotopic (exact) mass is 647 g/mol. The van der Waals surface area contributed by atoms with Crippen molar-refractivity contribution < 1.29 is 22.3 Å². The van der Waals surface area contributed by atoms with Crippen LogP contribution in [-0.2, 0) is 6.18 Å². The Morgan fingerprint density at radius 1 is 1.11 bits per heavy atom. The van der Waals surface area contributed by atoms with Gasteiger partial charge in [0, 0.05) is 74.4 Å². The zero-order chi connectivity index (χ0) is 31.7. The van der Waals surface area contributed by atoms with Crippen molar-refractivity contribution in [2.75, 3.05) is 57.8 Å². The lowest BCUT2D eigenvalue weighted by Gasteiger charge is -2.40. The van der Waals surface area contributed by atoms with Crippen molar-refractivity contribution in [3.63, 3.8) is 0 Å². The van der Waals surface area contributed by atoms with Crippen LogP contribution in [0.1, 0.15) is 43.7 Å². The second kappa shape index (κ2) is 11.5. The lowest BCUT2D eigenvalue weighted by molar-refractivity contribution is -0.137. The van der Waals surface area contributed by atoms with Crippen LogP contribution in [-0.4, -0.2) is 95.8 Å². The maximum atomic E-state index is 16.6. The Bertz CT molecular complexity index is 1600. The normalized spacial score (nSPS) is 25.2. The summed E-state index contributed by atoms with van der Waals surface area (Å²) in [6.07, 6.45) is 0.552. The van der Waals surface area contributed by atoms with Crippen LogP contribution in [0.25, 0.3) is 22.2 Å². The Morgan fingerprint density at radius 2 is 1.84 bits per heavy atom. The first-order valence-electron chi connectivity index (χ1n) is 15.7. The van der Waals surface area contributed by atoms with Gasteiger partial charge in [0.05, 0.1) is 28.5 Å². The highest BCUT2D eigenvalue weighted by Crippen LogP contribution is 2.48. The van der Waals surface area contributed by atoms with E-state index in [1.165, 1.54) is 25.3 Å². The number of benzene rings is 1. The van der Waals surface area contributed by atoms with E-state index in [4.69, 9.17) is 21.3 Å². The lowest BCUT2D eigenvalue weighted by Crippen LogP contribution is -2.52. The van der Waals surface area contributed by atoms with Crippen molar-refractivity contribution in [2.24, 2.45) is 5.41 Å². The van der Waals surface area contributed by atoms with Gasteiger partial charge in [-0.05, 0) is 64.3 Å². The van der Waals surface area contributed by atoms with Gasteiger partial charge in [-0.3, -0.25) is 9.88 Å². The molecule has 3 aliphatic heterocycles. The summed E-state index contributed by atoms with van der Waals surface area (Å²) in [4.78, 5) is 20.2. The van der Waals surface area contributed by atoms with Crippen molar-refractivity contribution in [1.29, 1.82) is 0 Å².